The molecule has 1 aromatic rings. The van der Waals surface area contributed by atoms with E-state index < -0.39 is 35.2 Å². The normalized spacial score (nSPS) is 17.8. The van der Waals surface area contributed by atoms with E-state index in [1.165, 1.54) is 0 Å². The Hall–Kier alpha value is -1.97. The zero-order chi connectivity index (χ0) is 18.3. The summed E-state index contributed by atoms with van der Waals surface area (Å²) in [6, 6.07) is 0.405. The van der Waals surface area contributed by atoms with Crippen LogP contribution in [0.4, 0.5) is 36.8 Å². The van der Waals surface area contributed by atoms with Crippen molar-refractivity contribution in [3.63, 3.8) is 0 Å². The molecule has 24 heavy (non-hydrogen) atoms. The number of fused-ring (bicyclic) bond motifs is 1. The zero-order valence-electron chi connectivity index (χ0n) is 12.2. The quantitative estimate of drug-likeness (QED) is 0.727. The molecule has 4 nitrogen and oxygen atoms in total. The van der Waals surface area contributed by atoms with Crippen molar-refractivity contribution in [3.05, 3.63) is 28.8 Å². The molecule has 0 fully saturated rings. The van der Waals surface area contributed by atoms with Gasteiger partial charge in [-0.1, -0.05) is 12.1 Å². The van der Waals surface area contributed by atoms with Crippen LogP contribution < -0.4 is 11.1 Å². The highest BCUT2D eigenvalue weighted by molar-refractivity contribution is 5.90. The lowest BCUT2D eigenvalue weighted by molar-refractivity contribution is -0.390. The van der Waals surface area contributed by atoms with Gasteiger partial charge in [0.15, 0.2) is 0 Å². The maximum absolute atomic E-state index is 14.2. The first-order chi connectivity index (χ1) is 10.9. The number of carbonyl (C=O) groups is 1. The number of nitrogens with one attached hydrogen (secondary N) is 1. The third kappa shape index (κ3) is 2.90. The average Bonchev–Trinajstić information content (AvgIpc) is 2.45. The molecule has 0 aromatic heterocycles. The van der Waals surface area contributed by atoms with Crippen molar-refractivity contribution in [1.82, 2.24) is 0 Å². The summed E-state index contributed by atoms with van der Waals surface area (Å²) in [4.78, 5) is 11.1. The minimum absolute atomic E-state index is 0.162. The van der Waals surface area contributed by atoms with Gasteiger partial charge < -0.3 is 16.2 Å². The van der Waals surface area contributed by atoms with Gasteiger partial charge >= 0.3 is 24.0 Å². The van der Waals surface area contributed by atoms with Gasteiger partial charge in [0.25, 0.3) is 0 Å². The summed E-state index contributed by atoms with van der Waals surface area (Å²) in [5.74, 6) is -11.2. The molecule has 2 amide bonds. The van der Waals surface area contributed by atoms with Crippen LogP contribution >= 0.6 is 0 Å². The van der Waals surface area contributed by atoms with Crippen LogP contribution in [0, 0.1) is 0 Å². The SMILES string of the molecule is NC(=O)Nc1c(C(F)(F)C(O)(F)C(F)(F)F)ccc2c1CCCC2. The van der Waals surface area contributed by atoms with E-state index in [1.54, 1.807) is 0 Å². The second-order valence-electron chi connectivity index (χ2n) is 5.52. The minimum Gasteiger partial charge on any atom is -0.351 e. The molecule has 1 aliphatic rings. The molecule has 1 atom stereocenters. The van der Waals surface area contributed by atoms with E-state index in [2.05, 4.69) is 0 Å². The van der Waals surface area contributed by atoms with Crippen molar-refractivity contribution in [2.75, 3.05) is 5.32 Å². The number of rotatable bonds is 3. The van der Waals surface area contributed by atoms with E-state index in [0.717, 1.165) is 12.5 Å². The second kappa shape index (κ2) is 5.83. The molecule has 0 saturated carbocycles. The van der Waals surface area contributed by atoms with Gasteiger partial charge in [-0.25, -0.2) is 4.79 Å². The fraction of sp³-hybridized carbons (Fsp3) is 0.500. The molecule has 0 bridgehead atoms. The van der Waals surface area contributed by atoms with Gasteiger partial charge in [0.1, 0.15) is 0 Å². The number of hydrogen-bond acceptors (Lipinski definition) is 2. The highest BCUT2D eigenvalue weighted by atomic mass is 19.4. The molecule has 2 rings (SSSR count). The third-order valence-corrected chi connectivity index (χ3v) is 3.91. The monoisotopic (exact) mass is 356 g/mol. The first-order valence-corrected chi connectivity index (χ1v) is 6.97. The van der Waals surface area contributed by atoms with Crippen molar-refractivity contribution in [2.45, 2.75) is 43.6 Å². The molecule has 0 aliphatic heterocycles. The summed E-state index contributed by atoms with van der Waals surface area (Å²) >= 11 is 0. The van der Waals surface area contributed by atoms with E-state index in [9.17, 15) is 31.1 Å². The number of hydrogen-bond donors (Lipinski definition) is 3. The van der Waals surface area contributed by atoms with Gasteiger partial charge in [0, 0.05) is 0 Å². The lowest BCUT2D eigenvalue weighted by Gasteiger charge is -2.33. The summed E-state index contributed by atoms with van der Waals surface area (Å²) in [6.07, 6.45) is -4.29. The van der Waals surface area contributed by atoms with Gasteiger partial charge in [-0.2, -0.15) is 26.3 Å². The number of aryl methyl sites for hydroxylation is 1. The molecule has 0 radical (unpaired) electrons. The fourth-order valence-electron chi connectivity index (χ4n) is 2.71. The van der Waals surface area contributed by atoms with Crippen LogP contribution in [0.3, 0.4) is 0 Å². The number of benzene rings is 1. The lowest BCUT2D eigenvalue weighted by atomic mass is 9.86. The van der Waals surface area contributed by atoms with Crippen LogP contribution in [0.15, 0.2) is 12.1 Å². The summed E-state index contributed by atoms with van der Waals surface area (Å²) in [7, 11) is 0. The van der Waals surface area contributed by atoms with Crippen LogP contribution in [0.2, 0.25) is 0 Å². The van der Waals surface area contributed by atoms with Crippen molar-refractivity contribution in [2.24, 2.45) is 5.73 Å². The summed E-state index contributed by atoms with van der Waals surface area (Å²) in [5, 5.41) is 10.7. The Labute approximate surface area is 132 Å². The molecule has 0 spiro atoms. The number of nitrogens with two attached hydrogens (primary N) is 1. The Balaban J connectivity index is 2.67. The topological polar surface area (TPSA) is 75.4 Å². The van der Waals surface area contributed by atoms with Crippen LogP contribution in [-0.4, -0.2) is 23.2 Å². The molecule has 1 aliphatic carbocycles. The summed E-state index contributed by atoms with van der Waals surface area (Å²) in [6.45, 7) is 0. The molecule has 1 unspecified atom stereocenters. The van der Waals surface area contributed by atoms with Gasteiger partial charge in [-0.05, 0) is 36.8 Å². The smallest absolute Gasteiger partial charge is 0.351 e. The van der Waals surface area contributed by atoms with E-state index >= 15 is 0 Å². The van der Waals surface area contributed by atoms with Crippen molar-refractivity contribution in [3.8, 4) is 0 Å². The molecule has 134 valence electrons. The lowest BCUT2D eigenvalue weighted by Crippen LogP contribution is -2.53. The van der Waals surface area contributed by atoms with Crippen molar-refractivity contribution >= 4 is 11.7 Å². The average molecular weight is 356 g/mol. The predicted octanol–water partition coefficient (Wildman–Crippen LogP) is 3.37. The summed E-state index contributed by atoms with van der Waals surface area (Å²) in [5.41, 5.74) is 3.42. The molecule has 0 heterocycles. The van der Waals surface area contributed by atoms with Gasteiger partial charge in [-0.3, -0.25) is 0 Å². The highest BCUT2D eigenvalue weighted by Gasteiger charge is 2.72. The second-order valence-corrected chi connectivity index (χ2v) is 5.52. The molecule has 4 N–H and O–H groups in total. The number of urea groups is 1. The number of anilines is 1. The molecular formula is C14H14F6N2O2. The highest BCUT2D eigenvalue weighted by Crippen LogP contribution is 2.51. The first-order valence-electron chi connectivity index (χ1n) is 6.97. The van der Waals surface area contributed by atoms with Crippen molar-refractivity contribution in [1.29, 1.82) is 0 Å². The zero-order valence-corrected chi connectivity index (χ0v) is 12.2. The molecule has 1 aromatic carbocycles. The van der Waals surface area contributed by atoms with Crippen molar-refractivity contribution < 1.29 is 36.2 Å². The molecular weight excluding hydrogens is 342 g/mol. The van der Waals surface area contributed by atoms with Gasteiger partial charge in [-0.15, -0.1) is 0 Å². The number of carbonyl (C=O) groups excluding carboxylic acids is 1. The van der Waals surface area contributed by atoms with E-state index in [0.29, 0.717) is 24.5 Å². The number of primary amides is 1. The van der Waals surface area contributed by atoms with E-state index in [-0.39, 0.29) is 12.0 Å². The largest absolute Gasteiger partial charge is 0.455 e. The van der Waals surface area contributed by atoms with Gasteiger partial charge in [0.2, 0.25) is 0 Å². The first kappa shape index (κ1) is 18.4. The Bertz CT molecular complexity index is 657. The number of halogens is 6. The Morgan fingerprint density at radius 1 is 1.08 bits per heavy atom. The number of amides is 2. The van der Waals surface area contributed by atoms with E-state index in [4.69, 9.17) is 10.8 Å². The predicted molar refractivity (Wildman–Crippen MR) is 72.3 cm³/mol. The van der Waals surface area contributed by atoms with E-state index in [1.807, 2.05) is 5.32 Å². The maximum Gasteiger partial charge on any atom is 0.455 e. The molecule has 0 saturated heterocycles. The van der Waals surface area contributed by atoms with Gasteiger partial charge in [0.05, 0.1) is 11.3 Å². The Morgan fingerprint density at radius 2 is 1.67 bits per heavy atom. The number of aliphatic hydroxyl groups is 1. The van der Waals surface area contributed by atoms with Crippen LogP contribution in [0.25, 0.3) is 0 Å². The maximum atomic E-state index is 14.2. The molecule has 10 heteroatoms. The number of alkyl halides is 6. The summed E-state index contributed by atoms with van der Waals surface area (Å²) < 4.78 is 79.5. The Kier molecular flexibility index (Phi) is 4.47. The fourth-order valence-corrected chi connectivity index (χ4v) is 2.71. The third-order valence-electron chi connectivity index (χ3n) is 3.91. The minimum atomic E-state index is -6.24. The van der Waals surface area contributed by atoms with Crippen LogP contribution in [-0.2, 0) is 18.8 Å². The standard InChI is InChI=1S/C14H14F6N2O2/c15-12(16,13(17,24)14(18,19)20)9-6-5-7-3-1-2-4-8(7)10(9)22-11(21)23/h5-6,24H,1-4H2,(H3,21,22,23). The van der Waals surface area contributed by atoms with Crippen LogP contribution in [0.5, 0.6) is 0 Å². The van der Waals surface area contributed by atoms with Crippen LogP contribution in [0.1, 0.15) is 29.5 Å². The Morgan fingerprint density at radius 3 is 2.21 bits per heavy atom.